The van der Waals surface area contributed by atoms with Gasteiger partial charge in [-0.05, 0) is 42.9 Å². The van der Waals surface area contributed by atoms with Crippen LogP contribution in [0.2, 0.25) is 5.02 Å². The van der Waals surface area contributed by atoms with Crippen LogP contribution in [0.1, 0.15) is 37.2 Å². The molecule has 2 saturated heterocycles. The van der Waals surface area contributed by atoms with Gasteiger partial charge in [-0.25, -0.2) is 26.9 Å². The van der Waals surface area contributed by atoms with Gasteiger partial charge < -0.3 is 10.2 Å². The van der Waals surface area contributed by atoms with E-state index < -0.39 is 104 Å². The Morgan fingerprint density at radius 1 is 0.915 bits per heavy atom. The van der Waals surface area contributed by atoms with Crippen molar-refractivity contribution in [2.45, 2.75) is 41.3 Å². The number of carboxylic acids is 1. The summed E-state index contributed by atoms with van der Waals surface area (Å²) in [5.41, 5.74) is -1.78. The molecule has 2 heterocycles. The van der Waals surface area contributed by atoms with Crippen molar-refractivity contribution < 1.29 is 56.1 Å². The number of hydrogen-bond donors (Lipinski definition) is 2. The lowest BCUT2D eigenvalue weighted by atomic mass is 9.56. The molecule has 9 nitrogen and oxygen atoms in total. The minimum atomic E-state index is -2.76. The van der Waals surface area contributed by atoms with E-state index >= 15 is 8.78 Å². The first kappa shape index (κ1) is 33.2. The molecule has 17 heteroatoms. The molecule has 0 aromatic heterocycles. The molecule has 4 aliphatic rings. The summed E-state index contributed by atoms with van der Waals surface area (Å²) in [6, 6.07) is 3.42. The zero-order valence-corrected chi connectivity index (χ0v) is 25.8. The van der Waals surface area contributed by atoms with Crippen molar-refractivity contribution in [2.24, 2.45) is 17.8 Å². The number of aliphatic carboxylic acids is 1. The highest BCUT2D eigenvalue weighted by Crippen LogP contribution is 2.66. The number of likely N-dealkylation sites (tertiary alicyclic amines) is 1. The summed E-state index contributed by atoms with van der Waals surface area (Å²) in [4.78, 5) is 61.5. The maximum atomic E-state index is 15.1. The Bertz CT molecular complexity index is 1830. The number of carbonyl (C=O) groups is 5. The third kappa shape index (κ3) is 4.43. The Balaban J connectivity index is 1.54. The highest BCUT2D eigenvalue weighted by atomic mass is 35.5. The number of rotatable bonds is 6. The number of alkyl halides is 2. The molecule has 0 radical (unpaired) electrons. The Labute approximate surface area is 276 Å². The maximum Gasteiger partial charge on any atom is 0.303 e. The fraction of sp³-hybridized carbons (Fsp3) is 0.367. The molecule has 2 aliphatic heterocycles. The van der Waals surface area contributed by atoms with E-state index in [1.807, 2.05) is 0 Å². The number of halogens is 8. The van der Waals surface area contributed by atoms with Gasteiger partial charge in [0.1, 0.15) is 11.4 Å². The molecule has 2 aliphatic carbocycles. The lowest BCUT2D eigenvalue weighted by molar-refractivity contribution is -0.142. The third-order valence-corrected chi connectivity index (χ3v) is 11.1. The van der Waals surface area contributed by atoms with Gasteiger partial charge in [0.2, 0.25) is 17.6 Å². The van der Waals surface area contributed by atoms with Crippen LogP contribution in [0.15, 0.2) is 29.8 Å². The van der Waals surface area contributed by atoms with Crippen LogP contribution in [0.3, 0.4) is 0 Å². The van der Waals surface area contributed by atoms with E-state index in [2.05, 4.69) is 0 Å². The van der Waals surface area contributed by atoms with Gasteiger partial charge in [0.25, 0.3) is 11.8 Å². The van der Waals surface area contributed by atoms with E-state index in [4.69, 9.17) is 39.9 Å². The van der Waals surface area contributed by atoms with Crippen molar-refractivity contribution >= 4 is 70.1 Å². The summed E-state index contributed by atoms with van der Waals surface area (Å²) in [5, 5.41) is 18.8. The molecule has 248 valence electrons. The monoisotopic (exact) mass is 720 g/mol. The SMILES string of the molecule is O=C(O)CCCN1C(=O)C2CC=C3C(CC4(Cl)C(=O)N(c5c(F)c(F)c(F)c(F)c5F)C(=O)C4(Cl)C3c3ccc(O)cc3Cl)C2C1=O. The first-order valence-electron chi connectivity index (χ1n) is 14.0. The van der Waals surface area contributed by atoms with Crippen LogP contribution in [0, 0.1) is 46.8 Å². The number of carboxylic acid groups (broad SMARTS) is 1. The Morgan fingerprint density at radius 3 is 2.13 bits per heavy atom. The molecule has 0 spiro atoms. The number of phenolic OH excluding ortho intramolecular Hbond substituents is 1. The van der Waals surface area contributed by atoms with Crippen LogP contribution in [-0.4, -0.2) is 61.0 Å². The van der Waals surface area contributed by atoms with Crippen molar-refractivity contribution in [1.29, 1.82) is 0 Å². The molecule has 6 atom stereocenters. The van der Waals surface area contributed by atoms with Crippen molar-refractivity contribution in [1.82, 2.24) is 4.90 Å². The van der Waals surface area contributed by atoms with Gasteiger partial charge in [-0.15, -0.1) is 23.2 Å². The number of anilines is 1. The highest BCUT2D eigenvalue weighted by molar-refractivity contribution is 6.58. The average molecular weight is 722 g/mol. The molecule has 0 bridgehead atoms. The van der Waals surface area contributed by atoms with Crippen molar-refractivity contribution in [3.05, 3.63) is 69.5 Å². The van der Waals surface area contributed by atoms with Crippen molar-refractivity contribution in [3.8, 4) is 5.75 Å². The van der Waals surface area contributed by atoms with Crippen LogP contribution >= 0.6 is 34.8 Å². The molecule has 1 saturated carbocycles. The second-order valence-corrected chi connectivity index (χ2v) is 13.4. The normalized spacial score (nSPS) is 30.0. The molecular weight excluding hydrogens is 702 g/mol. The number of allylic oxidation sites excluding steroid dienone is 2. The predicted molar refractivity (Wildman–Crippen MR) is 153 cm³/mol. The summed E-state index contributed by atoms with van der Waals surface area (Å²) >= 11 is 20.5. The quantitative estimate of drug-likeness (QED) is 0.105. The van der Waals surface area contributed by atoms with Gasteiger partial charge in [0.15, 0.2) is 33.0 Å². The Morgan fingerprint density at radius 2 is 1.53 bits per heavy atom. The fourth-order valence-electron chi connectivity index (χ4n) is 7.34. The lowest BCUT2D eigenvalue weighted by Crippen LogP contribution is -2.60. The zero-order valence-electron chi connectivity index (χ0n) is 23.5. The van der Waals surface area contributed by atoms with Crippen LogP contribution in [0.25, 0.3) is 0 Å². The first-order chi connectivity index (χ1) is 22.0. The number of carbonyl (C=O) groups excluding carboxylic acids is 4. The summed E-state index contributed by atoms with van der Waals surface area (Å²) < 4.78 is 72.7. The molecule has 4 amide bonds. The second kappa shape index (κ2) is 11.2. The minimum absolute atomic E-state index is 0.0469. The van der Waals surface area contributed by atoms with Crippen molar-refractivity contribution in [2.75, 3.05) is 11.4 Å². The van der Waals surface area contributed by atoms with Gasteiger partial charge in [0.05, 0.1) is 11.8 Å². The summed E-state index contributed by atoms with van der Waals surface area (Å²) in [7, 11) is 0. The van der Waals surface area contributed by atoms with Gasteiger partial charge in [-0.2, -0.15) is 0 Å². The molecule has 6 unspecified atom stereocenters. The number of phenols is 1. The number of aromatic hydroxyl groups is 1. The van der Waals surface area contributed by atoms with Crippen LogP contribution in [-0.2, 0) is 24.0 Å². The molecule has 2 N–H and O–H groups in total. The largest absolute Gasteiger partial charge is 0.508 e. The number of nitrogens with zero attached hydrogens (tertiary/aromatic N) is 2. The number of hydrogen-bond acceptors (Lipinski definition) is 6. The zero-order chi connectivity index (χ0) is 34.5. The molecule has 3 fully saturated rings. The van der Waals surface area contributed by atoms with Gasteiger partial charge >= 0.3 is 5.97 Å². The number of amides is 4. The summed E-state index contributed by atoms with van der Waals surface area (Å²) in [6.45, 7) is -0.233. The van der Waals surface area contributed by atoms with Crippen LogP contribution < -0.4 is 4.90 Å². The molecule has 2 aromatic carbocycles. The summed E-state index contributed by atoms with van der Waals surface area (Å²) in [6.07, 6.45) is 0.302. The Hall–Kier alpha value is -3.75. The molecule has 47 heavy (non-hydrogen) atoms. The summed E-state index contributed by atoms with van der Waals surface area (Å²) in [5.74, 6) is -23.6. The molecule has 6 rings (SSSR count). The topological polar surface area (TPSA) is 132 Å². The number of imide groups is 2. The molecular formula is C30H20Cl3F5N2O7. The maximum absolute atomic E-state index is 15.1. The van der Waals surface area contributed by atoms with E-state index in [1.165, 1.54) is 12.1 Å². The highest BCUT2D eigenvalue weighted by Gasteiger charge is 2.77. The second-order valence-electron chi connectivity index (χ2n) is 11.7. The number of benzene rings is 2. The minimum Gasteiger partial charge on any atom is -0.508 e. The van der Waals surface area contributed by atoms with E-state index in [0.29, 0.717) is 0 Å². The lowest BCUT2D eigenvalue weighted by Gasteiger charge is -2.50. The smallest absolute Gasteiger partial charge is 0.303 e. The first-order valence-corrected chi connectivity index (χ1v) is 15.2. The van der Waals surface area contributed by atoms with E-state index in [9.17, 15) is 42.3 Å². The predicted octanol–water partition coefficient (Wildman–Crippen LogP) is 5.17. The standard InChI is InChI=1S/C30H20Cl3F5N2O7/c31-15-8-10(41)3-4-12(15)18-11-5-6-13-17(26(45)39(25(13)44)7-1-2-16(42)43)14(11)9-29(32)27(46)40(28(47)30(18,29)33)24-22(37)20(35)19(34)21(36)23(24)38/h3-5,8,13-14,17-18,41H,1-2,6-7,9H2,(H,42,43). The third-order valence-electron chi connectivity index (χ3n) is 9.38. The molecule has 2 aromatic rings. The van der Waals surface area contributed by atoms with E-state index in [-0.39, 0.29) is 52.6 Å². The Kier molecular flexibility index (Phi) is 7.88. The van der Waals surface area contributed by atoms with E-state index in [0.717, 1.165) is 17.0 Å². The number of fused-ring (bicyclic) bond motifs is 4. The average Bonchev–Trinajstić information content (AvgIpc) is 3.34. The van der Waals surface area contributed by atoms with Gasteiger partial charge in [-0.3, -0.25) is 28.9 Å². The van der Waals surface area contributed by atoms with Crippen molar-refractivity contribution in [3.63, 3.8) is 0 Å². The van der Waals surface area contributed by atoms with Crippen LogP contribution in [0.4, 0.5) is 27.6 Å². The fourth-order valence-corrected chi connectivity index (χ4v) is 8.55. The van der Waals surface area contributed by atoms with Gasteiger partial charge in [-0.1, -0.05) is 29.3 Å². The van der Waals surface area contributed by atoms with Crippen LogP contribution in [0.5, 0.6) is 5.75 Å². The van der Waals surface area contributed by atoms with Gasteiger partial charge in [0, 0.05) is 23.9 Å². The van der Waals surface area contributed by atoms with E-state index in [1.54, 1.807) is 0 Å².